The predicted octanol–water partition coefficient (Wildman–Crippen LogP) is 2.61. The number of thioether (sulfide) groups is 1. The molecule has 8 heteroatoms. The first-order chi connectivity index (χ1) is 8.00. The van der Waals surface area contributed by atoms with E-state index in [9.17, 15) is 14.9 Å². The number of nitro groups is 1. The summed E-state index contributed by atoms with van der Waals surface area (Å²) in [5, 5.41) is 10.7. The van der Waals surface area contributed by atoms with Crippen molar-refractivity contribution in [2.75, 3.05) is 10.7 Å². The zero-order valence-corrected chi connectivity index (χ0v) is 10.6. The topological polar surface area (TPSA) is 63.5 Å². The van der Waals surface area contributed by atoms with Gasteiger partial charge in [-0.2, -0.15) is 0 Å². The first-order valence-corrected chi connectivity index (χ1v) is 6.21. The van der Waals surface area contributed by atoms with Crippen molar-refractivity contribution in [1.82, 2.24) is 0 Å². The van der Waals surface area contributed by atoms with E-state index >= 15 is 0 Å². The van der Waals surface area contributed by atoms with Gasteiger partial charge in [0.2, 0.25) is 5.91 Å². The van der Waals surface area contributed by atoms with Crippen LogP contribution in [0.5, 0.6) is 0 Å². The van der Waals surface area contributed by atoms with Gasteiger partial charge in [-0.05, 0) is 6.07 Å². The van der Waals surface area contributed by atoms with Gasteiger partial charge in [0.15, 0.2) is 0 Å². The van der Waals surface area contributed by atoms with E-state index in [1.165, 1.54) is 34.9 Å². The summed E-state index contributed by atoms with van der Waals surface area (Å²) in [5.41, 5.74) is 0.265. The highest BCUT2D eigenvalue weighted by Crippen LogP contribution is 2.34. The van der Waals surface area contributed by atoms with Crippen molar-refractivity contribution in [2.24, 2.45) is 0 Å². The molecule has 0 bridgehead atoms. The van der Waals surface area contributed by atoms with Crippen molar-refractivity contribution in [2.45, 2.75) is 0 Å². The van der Waals surface area contributed by atoms with Crippen molar-refractivity contribution in [3.63, 3.8) is 0 Å². The van der Waals surface area contributed by atoms with E-state index in [1.54, 1.807) is 0 Å². The second-order valence-electron chi connectivity index (χ2n) is 3.18. The lowest BCUT2D eigenvalue weighted by Gasteiger charge is -2.15. The van der Waals surface area contributed by atoms with Crippen LogP contribution in [0.3, 0.4) is 0 Å². The van der Waals surface area contributed by atoms with Crippen LogP contribution in [-0.4, -0.2) is 20.9 Å². The Morgan fingerprint density at radius 1 is 1.53 bits per heavy atom. The third kappa shape index (κ3) is 2.26. The number of non-ortho nitro benzene ring substituents is 1. The molecule has 0 unspecified atom stereocenters. The highest BCUT2D eigenvalue weighted by Gasteiger charge is 2.30. The maximum Gasteiger partial charge on any atom is 0.271 e. The Hall–Kier alpha value is -1.18. The summed E-state index contributed by atoms with van der Waals surface area (Å²) in [5.74, 6) is 0.0994. The smallest absolute Gasteiger partial charge is 0.271 e. The molecule has 0 N–H and O–H groups in total. The van der Waals surface area contributed by atoms with Gasteiger partial charge in [0, 0.05) is 12.1 Å². The molecule has 0 atom stereocenters. The monoisotopic (exact) mass is 288 g/mol. The molecular weight excluding hydrogens is 284 g/mol. The van der Waals surface area contributed by atoms with Crippen LogP contribution in [0.1, 0.15) is 0 Å². The van der Waals surface area contributed by atoms with Gasteiger partial charge in [0.05, 0.1) is 21.4 Å². The van der Waals surface area contributed by atoms with E-state index in [4.69, 9.17) is 23.8 Å². The fourth-order valence-electron chi connectivity index (χ4n) is 1.38. The number of nitro benzene ring substituents is 1. The lowest BCUT2D eigenvalue weighted by molar-refractivity contribution is -0.384. The molecule has 1 aromatic rings. The van der Waals surface area contributed by atoms with Crippen LogP contribution < -0.4 is 4.90 Å². The first-order valence-electron chi connectivity index (χ1n) is 4.44. The van der Waals surface area contributed by atoms with Crippen LogP contribution in [0.2, 0.25) is 5.02 Å². The van der Waals surface area contributed by atoms with Crippen molar-refractivity contribution in [3.8, 4) is 0 Å². The standard InChI is InChI=1S/C9H5ClN2O3S2/c10-6-3-5(12(14)15)1-2-7(6)11-8(13)4-17-9(11)16/h1-3H,4H2. The molecule has 0 saturated carbocycles. The zero-order chi connectivity index (χ0) is 12.6. The molecule has 2 rings (SSSR count). The van der Waals surface area contributed by atoms with Crippen molar-refractivity contribution >= 4 is 57.2 Å². The van der Waals surface area contributed by atoms with Crippen molar-refractivity contribution in [3.05, 3.63) is 33.3 Å². The number of carbonyl (C=O) groups is 1. The van der Waals surface area contributed by atoms with Gasteiger partial charge in [0.25, 0.3) is 5.69 Å². The number of anilines is 1. The van der Waals surface area contributed by atoms with E-state index in [-0.39, 0.29) is 22.4 Å². The molecule has 5 nitrogen and oxygen atoms in total. The normalized spacial score (nSPS) is 15.5. The second-order valence-corrected chi connectivity index (χ2v) is 5.19. The molecule has 88 valence electrons. The summed E-state index contributed by atoms with van der Waals surface area (Å²) < 4.78 is 0.408. The number of hydrogen-bond acceptors (Lipinski definition) is 5. The molecule has 0 aromatic heterocycles. The fourth-order valence-corrected chi connectivity index (χ4v) is 2.72. The van der Waals surface area contributed by atoms with Gasteiger partial charge < -0.3 is 0 Å². The summed E-state index contributed by atoms with van der Waals surface area (Å²) in [6, 6.07) is 3.92. The molecule has 1 saturated heterocycles. The molecule has 1 heterocycles. The van der Waals surface area contributed by atoms with E-state index in [0.717, 1.165) is 0 Å². The summed E-state index contributed by atoms with van der Waals surface area (Å²) >= 11 is 12.2. The number of benzene rings is 1. The van der Waals surface area contributed by atoms with Gasteiger partial charge in [-0.1, -0.05) is 35.6 Å². The summed E-state index contributed by atoms with van der Waals surface area (Å²) in [6.07, 6.45) is 0. The first kappa shape index (κ1) is 12.3. The van der Waals surface area contributed by atoms with Crippen LogP contribution in [0.15, 0.2) is 18.2 Å². The summed E-state index contributed by atoms with van der Waals surface area (Å²) in [7, 11) is 0. The third-order valence-corrected chi connectivity index (χ3v) is 3.79. The Balaban J connectivity index is 2.43. The van der Waals surface area contributed by atoms with E-state index < -0.39 is 4.92 Å². The van der Waals surface area contributed by atoms with Gasteiger partial charge in [-0.25, -0.2) is 0 Å². The molecule has 0 spiro atoms. The third-order valence-electron chi connectivity index (χ3n) is 2.13. The van der Waals surface area contributed by atoms with Crippen LogP contribution in [0.4, 0.5) is 11.4 Å². The van der Waals surface area contributed by atoms with Crippen LogP contribution in [0.25, 0.3) is 0 Å². The minimum absolute atomic E-state index is 0.121. The SMILES string of the molecule is O=C1CSC(=S)N1c1ccc([N+](=O)[O-])cc1Cl. The molecule has 1 aliphatic heterocycles. The number of nitrogens with zero attached hydrogens (tertiary/aromatic N) is 2. The lowest BCUT2D eigenvalue weighted by atomic mass is 10.2. The molecular formula is C9H5ClN2O3S2. The average molecular weight is 289 g/mol. The Bertz CT molecular complexity index is 519. The average Bonchev–Trinajstić information content (AvgIpc) is 2.59. The minimum atomic E-state index is -0.547. The number of thiocarbonyl (C=S) groups is 1. The molecule has 1 amide bonds. The highest BCUT2D eigenvalue weighted by molar-refractivity contribution is 8.24. The Labute approximate surface area is 111 Å². The van der Waals surface area contributed by atoms with E-state index in [2.05, 4.69) is 0 Å². The van der Waals surface area contributed by atoms with Crippen LogP contribution in [-0.2, 0) is 4.79 Å². The van der Waals surface area contributed by atoms with Crippen LogP contribution >= 0.6 is 35.6 Å². The fraction of sp³-hybridized carbons (Fsp3) is 0.111. The van der Waals surface area contributed by atoms with Gasteiger partial charge in [0.1, 0.15) is 4.32 Å². The Morgan fingerprint density at radius 3 is 2.71 bits per heavy atom. The number of carbonyl (C=O) groups excluding carboxylic acids is 1. The highest BCUT2D eigenvalue weighted by atomic mass is 35.5. The molecule has 1 aliphatic rings. The summed E-state index contributed by atoms with van der Waals surface area (Å²) in [6.45, 7) is 0. The minimum Gasteiger partial charge on any atom is -0.273 e. The molecule has 1 fully saturated rings. The quantitative estimate of drug-likeness (QED) is 0.475. The Morgan fingerprint density at radius 2 is 2.24 bits per heavy atom. The lowest BCUT2D eigenvalue weighted by Crippen LogP contribution is -2.28. The maximum atomic E-state index is 11.6. The molecule has 1 aromatic carbocycles. The zero-order valence-electron chi connectivity index (χ0n) is 8.25. The molecule has 0 aliphatic carbocycles. The van der Waals surface area contributed by atoms with E-state index in [0.29, 0.717) is 10.0 Å². The maximum absolute atomic E-state index is 11.6. The van der Waals surface area contributed by atoms with Crippen molar-refractivity contribution in [1.29, 1.82) is 0 Å². The van der Waals surface area contributed by atoms with Gasteiger partial charge >= 0.3 is 0 Å². The predicted molar refractivity (Wildman–Crippen MR) is 70.6 cm³/mol. The van der Waals surface area contributed by atoms with E-state index in [1.807, 2.05) is 0 Å². The van der Waals surface area contributed by atoms with Gasteiger partial charge in [-0.15, -0.1) is 0 Å². The largest absolute Gasteiger partial charge is 0.273 e. The molecule has 0 radical (unpaired) electrons. The number of amides is 1. The number of rotatable bonds is 2. The summed E-state index contributed by atoms with van der Waals surface area (Å²) in [4.78, 5) is 22.9. The van der Waals surface area contributed by atoms with Crippen LogP contribution in [0, 0.1) is 10.1 Å². The van der Waals surface area contributed by atoms with Crippen molar-refractivity contribution < 1.29 is 9.72 Å². The molecule has 17 heavy (non-hydrogen) atoms. The number of halogens is 1. The van der Waals surface area contributed by atoms with Gasteiger partial charge in [-0.3, -0.25) is 19.8 Å². The number of hydrogen-bond donors (Lipinski definition) is 0. The Kier molecular flexibility index (Phi) is 3.32. The second kappa shape index (κ2) is 4.59.